The van der Waals surface area contributed by atoms with E-state index in [4.69, 9.17) is 0 Å². The van der Waals surface area contributed by atoms with E-state index in [0.717, 1.165) is 46.8 Å². The zero-order valence-electron chi connectivity index (χ0n) is 13.1. The molecule has 0 aliphatic carbocycles. The first-order valence-corrected chi connectivity index (χ1v) is 9.19. The number of thiazole rings is 1. The summed E-state index contributed by atoms with van der Waals surface area (Å²) in [7, 11) is 0. The van der Waals surface area contributed by atoms with E-state index in [2.05, 4.69) is 29.0 Å². The Balaban J connectivity index is 1.76. The molecule has 0 atom stereocenters. The lowest BCUT2D eigenvalue weighted by Gasteiger charge is -2.29. The van der Waals surface area contributed by atoms with Gasteiger partial charge in [0.25, 0.3) is 5.91 Å². The van der Waals surface area contributed by atoms with Gasteiger partial charge in [-0.2, -0.15) is 24.5 Å². The highest BCUT2D eigenvalue weighted by Gasteiger charge is 2.36. The van der Waals surface area contributed by atoms with Crippen LogP contribution in [0.2, 0.25) is 0 Å². The van der Waals surface area contributed by atoms with Gasteiger partial charge in [0.05, 0.1) is 16.8 Å². The van der Waals surface area contributed by atoms with Crippen molar-refractivity contribution in [2.24, 2.45) is 0 Å². The third kappa shape index (κ3) is 3.47. The summed E-state index contributed by atoms with van der Waals surface area (Å²) in [4.78, 5) is 19.9. The van der Waals surface area contributed by atoms with Gasteiger partial charge in [-0.05, 0) is 13.8 Å². The molecule has 0 bridgehead atoms. The third-order valence-corrected chi connectivity index (χ3v) is 5.66. The Kier molecular flexibility index (Phi) is 4.67. The molecule has 0 saturated heterocycles. The van der Waals surface area contributed by atoms with Crippen LogP contribution in [0.25, 0.3) is 0 Å². The largest absolute Gasteiger partial charge is 0.417 e. The molecule has 4 nitrogen and oxygen atoms in total. The number of nitrogens with zero attached hydrogens (tertiary/aromatic N) is 2. The minimum absolute atomic E-state index is 0.356. The molecule has 130 valence electrons. The van der Waals surface area contributed by atoms with Crippen molar-refractivity contribution in [3.63, 3.8) is 0 Å². The standard InChI is InChI=1S/C15H16F3N3OS2/c1-8(2)21-4-3-11-12(5-21)24-14(19-11)20-13(22)9-6-23-7-10(9)15(16,17)18/h6-8H,3-5H2,1-2H3,(H,19,20,22). The van der Waals surface area contributed by atoms with Crippen LogP contribution in [0.5, 0.6) is 0 Å². The Morgan fingerprint density at radius 1 is 1.38 bits per heavy atom. The molecule has 3 rings (SSSR count). The molecule has 9 heteroatoms. The molecule has 24 heavy (non-hydrogen) atoms. The van der Waals surface area contributed by atoms with E-state index in [1.165, 1.54) is 16.7 Å². The van der Waals surface area contributed by atoms with Gasteiger partial charge in [-0.3, -0.25) is 15.0 Å². The second kappa shape index (κ2) is 6.45. The van der Waals surface area contributed by atoms with Crippen molar-refractivity contribution in [3.8, 4) is 0 Å². The Morgan fingerprint density at radius 2 is 2.12 bits per heavy atom. The van der Waals surface area contributed by atoms with Crippen LogP contribution in [0.15, 0.2) is 10.8 Å². The molecule has 1 N–H and O–H groups in total. The van der Waals surface area contributed by atoms with Gasteiger partial charge in [0, 0.05) is 41.2 Å². The summed E-state index contributed by atoms with van der Waals surface area (Å²) < 4.78 is 38.7. The monoisotopic (exact) mass is 375 g/mol. The van der Waals surface area contributed by atoms with E-state index in [0.29, 0.717) is 11.2 Å². The predicted octanol–water partition coefficient (Wildman–Crippen LogP) is 4.24. The van der Waals surface area contributed by atoms with Gasteiger partial charge in [0.1, 0.15) is 0 Å². The number of anilines is 1. The summed E-state index contributed by atoms with van der Waals surface area (Å²) in [6, 6.07) is 0.415. The van der Waals surface area contributed by atoms with Gasteiger partial charge in [0.2, 0.25) is 0 Å². The highest BCUT2D eigenvalue weighted by atomic mass is 32.1. The van der Waals surface area contributed by atoms with Crippen molar-refractivity contribution < 1.29 is 18.0 Å². The predicted molar refractivity (Wildman–Crippen MR) is 88.6 cm³/mol. The maximum Gasteiger partial charge on any atom is 0.417 e. The second-order valence-corrected chi connectivity index (χ2v) is 7.68. The van der Waals surface area contributed by atoms with Crippen molar-refractivity contribution in [1.82, 2.24) is 9.88 Å². The van der Waals surface area contributed by atoms with E-state index in [9.17, 15) is 18.0 Å². The van der Waals surface area contributed by atoms with E-state index in [1.807, 2.05) is 0 Å². The van der Waals surface area contributed by atoms with E-state index < -0.39 is 17.6 Å². The van der Waals surface area contributed by atoms with Gasteiger partial charge in [0.15, 0.2) is 5.13 Å². The summed E-state index contributed by atoms with van der Waals surface area (Å²) in [6.45, 7) is 5.88. The van der Waals surface area contributed by atoms with E-state index in [-0.39, 0.29) is 5.56 Å². The molecule has 0 unspecified atom stereocenters. The first kappa shape index (κ1) is 17.4. The van der Waals surface area contributed by atoms with Gasteiger partial charge in [-0.1, -0.05) is 0 Å². The number of aromatic nitrogens is 1. The van der Waals surface area contributed by atoms with E-state index >= 15 is 0 Å². The fourth-order valence-corrected chi connectivity index (χ4v) is 4.43. The van der Waals surface area contributed by atoms with Crippen molar-refractivity contribution >= 4 is 33.7 Å². The molecule has 2 aromatic rings. The molecule has 0 aromatic carbocycles. The van der Waals surface area contributed by atoms with Crippen molar-refractivity contribution in [2.75, 3.05) is 11.9 Å². The Hall–Kier alpha value is -1.45. The second-order valence-electron chi connectivity index (χ2n) is 5.85. The minimum Gasteiger partial charge on any atom is -0.298 e. The first-order chi connectivity index (χ1) is 11.3. The molecule has 1 aliphatic heterocycles. The van der Waals surface area contributed by atoms with Crippen LogP contribution in [0.3, 0.4) is 0 Å². The fraction of sp³-hybridized carbons (Fsp3) is 0.467. The van der Waals surface area contributed by atoms with Gasteiger partial charge >= 0.3 is 6.18 Å². The number of fused-ring (bicyclic) bond motifs is 1. The van der Waals surface area contributed by atoms with Gasteiger partial charge < -0.3 is 0 Å². The lowest BCUT2D eigenvalue weighted by molar-refractivity contribution is -0.137. The number of hydrogen-bond donors (Lipinski definition) is 1. The number of amides is 1. The normalized spacial score (nSPS) is 15.6. The smallest absolute Gasteiger partial charge is 0.298 e. The minimum atomic E-state index is -4.54. The first-order valence-electron chi connectivity index (χ1n) is 7.43. The number of rotatable bonds is 3. The van der Waals surface area contributed by atoms with Crippen LogP contribution in [-0.4, -0.2) is 28.4 Å². The molecule has 0 radical (unpaired) electrons. The molecular weight excluding hydrogens is 359 g/mol. The molecular formula is C15H16F3N3OS2. The lowest BCUT2D eigenvalue weighted by atomic mass is 10.1. The third-order valence-electron chi connectivity index (χ3n) is 3.92. The number of carbonyl (C=O) groups is 1. The number of hydrogen-bond acceptors (Lipinski definition) is 5. The number of halogens is 3. The molecule has 0 fully saturated rings. The summed E-state index contributed by atoms with van der Waals surface area (Å²) in [5.41, 5.74) is -0.338. The summed E-state index contributed by atoms with van der Waals surface area (Å²) in [5.74, 6) is -0.768. The molecule has 0 spiro atoms. The lowest BCUT2D eigenvalue weighted by Crippen LogP contribution is -2.35. The average Bonchev–Trinajstić information content (AvgIpc) is 3.11. The summed E-state index contributed by atoms with van der Waals surface area (Å²) >= 11 is 2.19. The Morgan fingerprint density at radius 3 is 2.79 bits per heavy atom. The van der Waals surface area contributed by atoms with Crippen LogP contribution in [0.1, 0.15) is 40.3 Å². The van der Waals surface area contributed by atoms with E-state index in [1.54, 1.807) is 0 Å². The zero-order valence-corrected chi connectivity index (χ0v) is 14.7. The Labute approximate surface area is 145 Å². The molecule has 2 aromatic heterocycles. The number of alkyl halides is 3. The van der Waals surface area contributed by atoms with Crippen LogP contribution in [-0.2, 0) is 19.1 Å². The van der Waals surface area contributed by atoms with Gasteiger partial charge in [-0.25, -0.2) is 4.98 Å². The highest BCUT2D eigenvalue weighted by molar-refractivity contribution is 7.16. The molecule has 0 saturated carbocycles. The summed E-state index contributed by atoms with van der Waals surface area (Å²) in [6.07, 6.45) is -3.75. The highest BCUT2D eigenvalue weighted by Crippen LogP contribution is 2.35. The fourth-order valence-electron chi connectivity index (χ4n) is 2.57. The average molecular weight is 375 g/mol. The molecule has 1 amide bonds. The van der Waals surface area contributed by atoms with Crippen LogP contribution >= 0.6 is 22.7 Å². The quantitative estimate of drug-likeness (QED) is 0.873. The Bertz CT molecular complexity index is 751. The molecule has 3 heterocycles. The zero-order chi connectivity index (χ0) is 17.5. The van der Waals surface area contributed by atoms with Crippen molar-refractivity contribution in [2.45, 2.75) is 39.0 Å². The number of nitrogens with one attached hydrogen (secondary N) is 1. The summed E-state index contributed by atoms with van der Waals surface area (Å²) in [5, 5.41) is 5.03. The number of carbonyl (C=O) groups excluding carboxylic acids is 1. The van der Waals surface area contributed by atoms with Crippen LogP contribution in [0, 0.1) is 0 Å². The molecule has 1 aliphatic rings. The topological polar surface area (TPSA) is 45.2 Å². The van der Waals surface area contributed by atoms with Crippen LogP contribution < -0.4 is 5.32 Å². The maximum absolute atomic E-state index is 12.9. The van der Waals surface area contributed by atoms with Gasteiger partial charge in [-0.15, -0.1) is 11.3 Å². The van der Waals surface area contributed by atoms with Crippen molar-refractivity contribution in [1.29, 1.82) is 0 Å². The van der Waals surface area contributed by atoms with Crippen LogP contribution in [0.4, 0.5) is 18.3 Å². The number of thiophene rings is 1. The van der Waals surface area contributed by atoms with Crippen molar-refractivity contribution in [3.05, 3.63) is 32.5 Å². The SMILES string of the molecule is CC(C)N1CCc2nc(NC(=O)c3cscc3C(F)(F)F)sc2C1. The maximum atomic E-state index is 12.9.